The average Bonchev–Trinajstić information content (AvgIpc) is 2.85. The molecule has 0 aliphatic rings. The Hall–Kier alpha value is -3.01. The van der Waals surface area contributed by atoms with Crippen LogP contribution in [-0.4, -0.2) is 11.0 Å². The minimum atomic E-state index is -0.687. The number of pyridine rings is 1. The average molecular weight is 462 g/mol. The Kier molecular flexibility index (Phi) is 10.3. The number of benzene rings is 2. The first-order valence-corrected chi connectivity index (χ1v) is 12.7. The van der Waals surface area contributed by atoms with Gasteiger partial charge in [0.25, 0.3) is 0 Å². The van der Waals surface area contributed by atoms with E-state index in [4.69, 9.17) is 4.74 Å². The van der Waals surface area contributed by atoms with Crippen molar-refractivity contribution < 1.29 is 13.9 Å². The molecule has 0 N–H and O–H groups in total. The smallest absolute Gasteiger partial charge is 0.346 e. The van der Waals surface area contributed by atoms with Crippen LogP contribution in [0.15, 0.2) is 60.8 Å². The fraction of sp³-hybridized carbons (Fsp3) is 0.400. The van der Waals surface area contributed by atoms with Crippen molar-refractivity contribution in [3.63, 3.8) is 0 Å². The van der Waals surface area contributed by atoms with Crippen molar-refractivity contribution in [2.45, 2.75) is 78.1 Å². The first kappa shape index (κ1) is 25.6. The molecule has 0 saturated heterocycles. The fourth-order valence-electron chi connectivity index (χ4n) is 3.99. The van der Waals surface area contributed by atoms with Crippen molar-refractivity contribution in [3.8, 4) is 17.0 Å². The molecule has 0 saturated carbocycles. The molecular formula is C30H36FNO2. The third-order valence-electron chi connectivity index (χ3n) is 6.08. The molecule has 3 nitrogen and oxygen atoms in total. The molecule has 0 atom stereocenters. The number of esters is 1. The second-order valence-electron chi connectivity index (χ2n) is 8.90. The van der Waals surface area contributed by atoms with Gasteiger partial charge in [-0.1, -0.05) is 64.5 Å². The van der Waals surface area contributed by atoms with Crippen molar-refractivity contribution in [2.75, 3.05) is 0 Å². The number of aromatic nitrogens is 1. The Bertz CT molecular complexity index is 1030. The SMILES string of the molecule is CCCCCCc1ccc(-c2ccc(OC(=O)c3ccc(CCCCCC)cc3F)cc2)nc1. The highest BCUT2D eigenvalue weighted by Crippen LogP contribution is 2.23. The van der Waals surface area contributed by atoms with Gasteiger partial charge in [-0.05, 0) is 79.3 Å². The van der Waals surface area contributed by atoms with Crippen LogP contribution >= 0.6 is 0 Å². The second kappa shape index (κ2) is 13.6. The molecule has 0 radical (unpaired) electrons. The molecule has 0 aliphatic heterocycles. The Morgan fingerprint density at radius 3 is 2.03 bits per heavy atom. The molecule has 0 fully saturated rings. The summed E-state index contributed by atoms with van der Waals surface area (Å²) in [5.74, 6) is -0.841. The van der Waals surface area contributed by atoms with Gasteiger partial charge in [0.15, 0.2) is 0 Å². The number of nitrogens with zero attached hydrogens (tertiary/aromatic N) is 1. The van der Waals surface area contributed by atoms with E-state index in [0.717, 1.165) is 42.5 Å². The lowest BCUT2D eigenvalue weighted by Gasteiger charge is -2.08. The molecule has 0 spiro atoms. The highest BCUT2D eigenvalue weighted by molar-refractivity contribution is 5.91. The molecule has 0 aliphatic carbocycles. The summed E-state index contributed by atoms with van der Waals surface area (Å²) in [6, 6.07) is 16.1. The highest BCUT2D eigenvalue weighted by Gasteiger charge is 2.15. The molecule has 0 bridgehead atoms. The lowest BCUT2D eigenvalue weighted by molar-refractivity contribution is 0.0730. The van der Waals surface area contributed by atoms with Crippen molar-refractivity contribution in [2.24, 2.45) is 0 Å². The van der Waals surface area contributed by atoms with Crippen LogP contribution in [0.4, 0.5) is 4.39 Å². The van der Waals surface area contributed by atoms with Gasteiger partial charge < -0.3 is 4.74 Å². The van der Waals surface area contributed by atoms with Gasteiger partial charge in [0.05, 0.1) is 11.3 Å². The Labute approximate surface area is 203 Å². The first-order valence-electron chi connectivity index (χ1n) is 12.7. The van der Waals surface area contributed by atoms with E-state index in [1.54, 1.807) is 12.1 Å². The van der Waals surface area contributed by atoms with Crippen LogP contribution in [-0.2, 0) is 12.8 Å². The lowest BCUT2D eigenvalue weighted by atomic mass is 10.0. The summed E-state index contributed by atoms with van der Waals surface area (Å²) in [5.41, 5.74) is 3.93. The lowest BCUT2D eigenvalue weighted by Crippen LogP contribution is -2.11. The molecule has 3 aromatic rings. The molecule has 2 aromatic carbocycles. The third kappa shape index (κ3) is 7.79. The number of ether oxygens (including phenoxy) is 1. The number of unbranched alkanes of at least 4 members (excludes halogenated alkanes) is 6. The number of rotatable bonds is 13. The normalized spacial score (nSPS) is 10.9. The van der Waals surface area contributed by atoms with Crippen molar-refractivity contribution in [1.29, 1.82) is 0 Å². The molecular weight excluding hydrogens is 425 g/mol. The van der Waals surface area contributed by atoms with Gasteiger partial charge in [-0.3, -0.25) is 4.98 Å². The van der Waals surface area contributed by atoms with Gasteiger partial charge in [-0.2, -0.15) is 0 Å². The van der Waals surface area contributed by atoms with Crippen LogP contribution in [0.2, 0.25) is 0 Å². The van der Waals surface area contributed by atoms with Crippen molar-refractivity contribution in [3.05, 3.63) is 83.3 Å². The molecule has 1 aromatic heterocycles. The summed E-state index contributed by atoms with van der Waals surface area (Å²) in [6.45, 7) is 4.38. The topological polar surface area (TPSA) is 39.2 Å². The van der Waals surface area contributed by atoms with E-state index >= 15 is 0 Å². The summed E-state index contributed by atoms with van der Waals surface area (Å²) < 4.78 is 19.9. The van der Waals surface area contributed by atoms with Gasteiger partial charge in [0.1, 0.15) is 11.6 Å². The molecule has 1 heterocycles. The maximum atomic E-state index is 14.5. The molecule has 0 amide bonds. The van der Waals surface area contributed by atoms with E-state index in [1.807, 2.05) is 30.5 Å². The van der Waals surface area contributed by atoms with Gasteiger partial charge >= 0.3 is 5.97 Å². The van der Waals surface area contributed by atoms with Gasteiger partial charge in [-0.25, -0.2) is 9.18 Å². The summed E-state index contributed by atoms with van der Waals surface area (Å²) in [4.78, 5) is 17.1. The standard InChI is InChI=1S/C30H36FNO2/c1-3-5-7-9-11-23-13-19-27(28(31)21-23)30(33)34-26-17-15-25(16-18-26)29-20-14-24(22-32-29)12-10-8-6-4-2/h13-22H,3-12H2,1-2H3. The Morgan fingerprint density at radius 2 is 1.44 bits per heavy atom. The largest absolute Gasteiger partial charge is 0.423 e. The second-order valence-corrected chi connectivity index (χ2v) is 8.90. The van der Waals surface area contributed by atoms with Crippen LogP contribution in [0.25, 0.3) is 11.3 Å². The van der Waals surface area contributed by atoms with Gasteiger partial charge in [0.2, 0.25) is 0 Å². The molecule has 0 unspecified atom stereocenters. The van der Waals surface area contributed by atoms with Crippen LogP contribution in [0.5, 0.6) is 5.75 Å². The van der Waals surface area contributed by atoms with Crippen LogP contribution < -0.4 is 4.74 Å². The summed E-state index contributed by atoms with van der Waals surface area (Å²) in [6.07, 6.45) is 13.3. The molecule has 4 heteroatoms. The predicted molar refractivity (Wildman–Crippen MR) is 137 cm³/mol. The summed E-state index contributed by atoms with van der Waals surface area (Å²) >= 11 is 0. The minimum absolute atomic E-state index is 0.0439. The van der Waals surface area contributed by atoms with E-state index < -0.39 is 11.8 Å². The molecule has 180 valence electrons. The minimum Gasteiger partial charge on any atom is -0.423 e. The molecule has 3 rings (SSSR count). The van der Waals surface area contributed by atoms with Crippen molar-refractivity contribution >= 4 is 5.97 Å². The van der Waals surface area contributed by atoms with Crippen LogP contribution in [0.3, 0.4) is 0 Å². The van der Waals surface area contributed by atoms with Crippen molar-refractivity contribution in [1.82, 2.24) is 4.98 Å². The fourth-order valence-corrected chi connectivity index (χ4v) is 3.99. The number of halogens is 1. The number of carbonyl (C=O) groups excluding carboxylic acids is 1. The number of hydrogen-bond donors (Lipinski definition) is 0. The van der Waals surface area contributed by atoms with E-state index in [-0.39, 0.29) is 5.56 Å². The Morgan fingerprint density at radius 1 is 0.794 bits per heavy atom. The monoisotopic (exact) mass is 461 g/mol. The third-order valence-corrected chi connectivity index (χ3v) is 6.08. The van der Waals surface area contributed by atoms with E-state index in [1.165, 1.54) is 56.2 Å². The number of aryl methyl sites for hydroxylation is 2. The summed E-state index contributed by atoms with van der Waals surface area (Å²) in [7, 11) is 0. The zero-order valence-electron chi connectivity index (χ0n) is 20.5. The highest BCUT2D eigenvalue weighted by atomic mass is 19.1. The van der Waals surface area contributed by atoms with Crippen LogP contribution in [0.1, 0.15) is 86.7 Å². The maximum absolute atomic E-state index is 14.5. The molecule has 34 heavy (non-hydrogen) atoms. The first-order chi connectivity index (χ1) is 16.6. The van der Waals surface area contributed by atoms with E-state index in [0.29, 0.717) is 5.75 Å². The quantitative estimate of drug-likeness (QED) is 0.146. The Balaban J connectivity index is 1.55. The number of hydrogen-bond acceptors (Lipinski definition) is 3. The van der Waals surface area contributed by atoms with Gasteiger partial charge in [-0.15, -0.1) is 0 Å². The zero-order valence-corrected chi connectivity index (χ0v) is 20.5. The maximum Gasteiger partial charge on any atom is 0.346 e. The zero-order chi connectivity index (χ0) is 24.2. The van der Waals surface area contributed by atoms with E-state index in [2.05, 4.69) is 24.9 Å². The van der Waals surface area contributed by atoms with E-state index in [9.17, 15) is 9.18 Å². The summed E-state index contributed by atoms with van der Waals surface area (Å²) in [5, 5.41) is 0. The van der Waals surface area contributed by atoms with Crippen LogP contribution in [0, 0.1) is 5.82 Å². The number of carbonyl (C=O) groups is 1. The van der Waals surface area contributed by atoms with Gasteiger partial charge in [0, 0.05) is 11.8 Å². The predicted octanol–water partition coefficient (Wildman–Crippen LogP) is 8.35.